The third kappa shape index (κ3) is 4.91. The number of rotatable bonds is 6. The van der Waals surface area contributed by atoms with Gasteiger partial charge >= 0.3 is 0 Å². The van der Waals surface area contributed by atoms with Gasteiger partial charge in [-0.2, -0.15) is 0 Å². The molecule has 0 fully saturated rings. The minimum atomic E-state index is -0.699. The fraction of sp³-hybridized carbons (Fsp3) is 0.211. The number of hydrogen-bond acceptors (Lipinski definition) is 5. The van der Waals surface area contributed by atoms with Gasteiger partial charge in [-0.25, -0.2) is 8.78 Å². The Hall–Kier alpha value is -2.74. The number of amides is 1. The van der Waals surface area contributed by atoms with Gasteiger partial charge in [0.25, 0.3) is 5.22 Å². The van der Waals surface area contributed by atoms with Crippen LogP contribution in [0.1, 0.15) is 24.1 Å². The van der Waals surface area contributed by atoms with Crippen LogP contribution in [0.3, 0.4) is 0 Å². The molecule has 1 aromatic heterocycles. The molecule has 1 heterocycles. The van der Waals surface area contributed by atoms with Gasteiger partial charge in [-0.15, -0.1) is 10.2 Å². The van der Waals surface area contributed by atoms with E-state index in [1.165, 1.54) is 6.07 Å². The van der Waals surface area contributed by atoms with Crippen LogP contribution in [0.2, 0.25) is 0 Å². The molecule has 0 aliphatic carbocycles. The van der Waals surface area contributed by atoms with Crippen LogP contribution in [0, 0.1) is 18.6 Å². The molecule has 1 atom stereocenters. The fourth-order valence-corrected chi connectivity index (χ4v) is 3.08. The van der Waals surface area contributed by atoms with Crippen molar-refractivity contribution in [1.29, 1.82) is 0 Å². The van der Waals surface area contributed by atoms with Crippen molar-refractivity contribution >= 4 is 17.7 Å². The van der Waals surface area contributed by atoms with E-state index in [-0.39, 0.29) is 22.4 Å². The first-order chi connectivity index (χ1) is 12.9. The van der Waals surface area contributed by atoms with E-state index in [2.05, 4.69) is 15.5 Å². The zero-order chi connectivity index (χ0) is 19.4. The van der Waals surface area contributed by atoms with E-state index in [1.807, 2.05) is 31.2 Å². The summed E-state index contributed by atoms with van der Waals surface area (Å²) >= 11 is 1.09. The maximum atomic E-state index is 13.8. The average Bonchev–Trinajstić information content (AvgIpc) is 3.09. The van der Waals surface area contributed by atoms with E-state index in [9.17, 15) is 13.6 Å². The second-order valence-electron chi connectivity index (χ2n) is 5.99. The molecule has 5 nitrogen and oxygen atoms in total. The molecule has 0 spiro atoms. The molecule has 27 heavy (non-hydrogen) atoms. The van der Waals surface area contributed by atoms with Gasteiger partial charge in [0.1, 0.15) is 11.6 Å². The molecular formula is C19H17F2N3O2S. The second-order valence-corrected chi connectivity index (χ2v) is 6.91. The smallest absolute Gasteiger partial charge is 0.277 e. The SMILES string of the molecule is Cc1cccc(-c2nnc(SCC(=O)N[C@H](C)c3ccc(F)cc3F)o2)c1. The van der Waals surface area contributed by atoms with E-state index in [0.717, 1.165) is 35.0 Å². The first-order valence-electron chi connectivity index (χ1n) is 8.20. The zero-order valence-electron chi connectivity index (χ0n) is 14.7. The first-order valence-corrected chi connectivity index (χ1v) is 9.18. The highest BCUT2D eigenvalue weighted by atomic mass is 32.2. The molecule has 8 heteroatoms. The highest BCUT2D eigenvalue weighted by molar-refractivity contribution is 7.99. The molecular weight excluding hydrogens is 372 g/mol. The Morgan fingerprint density at radius 3 is 2.78 bits per heavy atom. The molecule has 3 rings (SSSR count). The molecule has 1 N–H and O–H groups in total. The quantitative estimate of drug-likeness (QED) is 0.637. The van der Waals surface area contributed by atoms with Crippen molar-refractivity contribution in [3.8, 4) is 11.5 Å². The van der Waals surface area contributed by atoms with Gasteiger partial charge in [-0.3, -0.25) is 4.79 Å². The number of carbonyl (C=O) groups is 1. The predicted octanol–water partition coefficient (Wildman–Crippen LogP) is 4.29. The molecule has 0 saturated heterocycles. The summed E-state index contributed by atoms with van der Waals surface area (Å²) in [4.78, 5) is 12.1. The van der Waals surface area contributed by atoms with Crippen molar-refractivity contribution < 1.29 is 18.0 Å². The van der Waals surface area contributed by atoms with Crippen LogP contribution in [-0.2, 0) is 4.79 Å². The lowest BCUT2D eigenvalue weighted by Crippen LogP contribution is -2.28. The number of carbonyl (C=O) groups excluding carboxylic acids is 1. The van der Waals surface area contributed by atoms with Crippen molar-refractivity contribution in [3.05, 3.63) is 65.2 Å². The molecule has 0 aliphatic rings. The van der Waals surface area contributed by atoms with Crippen LogP contribution in [0.25, 0.3) is 11.5 Å². The molecule has 0 aliphatic heterocycles. The van der Waals surface area contributed by atoms with Gasteiger partial charge in [0, 0.05) is 17.2 Å². The van der Waals surface area contributed by atoms with Gasteiger partial charge in [0.05, 0.1) is 11.8 Å². The fourth-order valence-electron chi connectivity index (χ4n) is 2.50. The number of thioether (sulfide) groups is 1. The normalized spacial score (nSPS) is 12.0. The summed E-state index contributed by atoms with van der Waals surface area (Å²) < 4.78 is 32.3. The zero-order valence-corrected chi connectivity index (χ0v) is 15.5. The van der Waals surface area contributed by atoms with Crippen molar-refractivity contribution in [1.82, 2.24) is 15.5 Å². The monoisotopic (exact) mass is 389 g/mol. The van der Waals surface area contributed by atoms with Crippen LogP contribution in [0.15, 0.2) is 52.1 Å². The van der Waals surface area contributed by atoms with Gasteiger partial charge in [-0.05, 0) is 32.0 Å². The first kappa shape index (κ1) is 19.0. The molecule has 2 aromatic carbocycles. The third-order valence-corrected chi connectivity index (χ3v) is 4.62. The topological polar surface area (TPSA) is 68.0 Å². The number of hydrogen-bond donors (Lipinski definition) is 1. The van der Waals surface area contributed by atoms with Gasteiger partial charge in [0.15, 0.2) is 0 Å². The summed E-state index contributed by atoms with van der Waals surface area (Å²) in [6.07, 6.45) is 0. The van der Waals surface area contributed by atoms with E-state index in [1.54, 1.807) is 6.92 Å². The number of benzene rings is 2. The van der Waals surface area contributed by atoms with Gasteiger partial charge < -0.3 is 9.73 Å². The van der Waals surface area contributed by atoms with Gasteiger partial charge in [-0.1, -0.05) is 35.5 Å². The van der Waals surface area contributed by atoms with Crippen molar-refractivity contribution in [3.63, 3.8) is 0 Å². The predicted molar refractivity (Wildman–Crippen MR) is 98.1 cm³/mol. The highest BCUT2D eigenvalue weighted by Gasteiger charge is 2.16. The average molecular weight is 389 g/mol. The number of nitrogens with one attached hydrogen (secondary N) is 1. The van der Waals surface area contributed by atoms with Crippen LogP contribution in [0.4, 0.5) is 8.78 Å². The molecule has 0 bridgehead atoms. The minimum absolute atomic E-state index is 0.0304. The Kier molecular flexibility index (Phi) is 5.85. The molecule has 0 radical (unpaired) electrons. The van der Waals surface area contributed by atoms with E-state index >= 15 is 0 Å². The number of halogens is 2. The molecule has 0 unspecified atom stereocenters. The maximum Gasteiger partial charge on any atom is 0.277 e. The lowest BCUT2D eigenvalue weighted by Gasteiger charge is -2.14. The summed E-state index contributed by atoms with van der Waals surface area (Å²) in [6, 6.07) is 10.3. The van der Waals surface area contributed by atoms with Crippen molar-refractivity contribution in [2.45, 2.75) is 25.1 Å². The van der Waals surface area contributed by atoms with Crippen molar-refractivity contribution in [2.75, 3.05) is 5.75 Å². The Balaban J connectivity index is 1.56. The Labute approximate surface area is 159 Å². The Morgan fingerprint density at radius 1 is 1.22 bits per heavy atom. The molecule has 0 saturated carbocycles. The van der Waals surface area contributed by atoms with E-state index < -0.39 is 17.7 Å². The summed E-state index contributed by atoms with van der Waals surface area (Å²) in [7, 11) is 0. The van der Waals surface area contributed by atoms with Crippen LogP contribution < -0.4 is 5.32 Å². The lowest BCUT2D eigenvalue weighted by molar-refractivity contribution is -0.119. The summed E-state index contributed by atoms with van der Waals surface area (Å²) in [6.45, 7) is 3.59. The van der Waals surface area contributed by atoms with E-state index in [4.69, 9.17) is 4.42 Å². The summed E-state index contributed by atoms with van der Waals surface area (Å²) in [5.74, 6) is -1.28. The number of nitrogens with zero attached hydrogens (tertiary/aromatic N) is 2. The summed E-state index contributed by atoms with van der Waals surface area (Å²) in [5, 5.41) is 10.8. The Bertz CT molecular complexity index is 962. The van der Waals surface area contributed by atoms with Crippen LogP contribution >= 0.6 is 11.8 Å². The van der Waals surface area contributed by atoms with Crippen LogP contribution in [-0.4, -0.2) is 21.9 Å². The summed E-state index contributed by atoms with van der Waals surface area (Å²) in [5.41, 5.74) is 2.09. The second kappa shape index (κ2) is 8.30. The van der Waals surface area contributed by atoms with Gasteiger partial charge in [0.2, 0.25) is 11.8 Å². The third-order valence-electron chi connectivity index (χ3n) is 3.80. The van der Waals surface area contributed by atoms with Crippen molar-refractivity contribution in [2.24, 2.45) is 0 Å². The standard InChI is InChI=1S/C19H17F2N3O2S/c1-11-4-3-5-13(8-11)18-23-24-19(26-18)27-10-17(25)22-12(2)15-7-6-14(20)9-16(15)21/h3-9,12H,10H2,1-2H3,(H,22,25)/t12-/m1/s1. The minimum Gasteiger partial charge on any atom is -0.411 e. The highest BCUT2D eigenvalue weighted by Crippen LogP contribution is 2.24. The largest absolute Gasteiger partial charge is 0.411 e. The molecule has 3 aromatic rings. The number of aryl methyl sites for hydroxylation is 1. The van der Waals surface area contributed by atoms with Crippen LogP contribution in [0.5, 0.6) is 0 Å². The Morgan fingerprint density at radius 2 is 2.04 bits per heavy atom. The van der Waals surface area contributed by atoms with E-state index in [0.29, 0.717) is 5.89 Å². The lowest BCUT2D eigenvalue weighted by atomic mass is 10.1. The molecule has 140 valence electrons. The maximum absolute atomic E-state index is 13.8. The molecule has 1 amide bonds. The number of aromatic nitrogens is 2.